The Morgan fingerprint density at radius 1 is 1.25 bits per heavy atom. The van der Waals surface area contributed by atoms with Gasteiger partial charge in [0.15, 0.2) is 5.13 Å². The molecule has 148 valence electrons. The van der Waals surface area contributed by atoms with Crippen LogP contribution in [0.1, 0.15) is 0 Å². The van der Waals surface area contributed by atoms with Gasteiger partial charge < -0.3 is 20.4 Å². The number of fused-ring (bicyclic) bond motifs is 1. The minimum absolute atomic E-state index is 0.0969. The highest BCUT2D eigenvalue weighted by Gasteiger charge is 2.14. The molecule has 2 aromatic heterocycles. The summed E-state index contributed by atoms with van der Waals surface area (Å²) in [6, 6.07) is 8.00. The van der Waals surface area contributed by atoms with Crippen LogP contribution < -0.4 is 10.6 Å². The van der Waals surface area contributed by atoms with Crippen LogP contribution in [0.2, 0.25) is 0 Å². The number of nitrogens with zero attached hydrogens (tertiary/aromatic N) is 2. The van der Waals surface area contributed by atoms with Gasteiger partial charge in [-0.15, -0.1) is 11.3 Å². The summed E-state index contributed by atoms with van der Waals surface area (Å²) in [5, 5.41) is 9.05. The number of ether oxygens (including phenoxy) is 1. The van der Waals surface area contributed by atoms with E-state index in [1.54, 1.807) is 19.1 Å². The minimum Gasteiger partial charge on any atom is -0.383 e. The maximum Gasteiger partial charge on any atom is 0.240 e. The summed E-state index contributed by atoms with van der Waals surface area (Å²) in [7, 11) is 3.29. The van der Waals surface area contributed by atoms with Crippen LogP contribution in [-0.2, 0) is 14.3 Å². The van der Waals surface area contributed by atoms with E-state index in [9.17, 15) is 9.59 Å². The highest BCUT2D eigenvalue weighted by Crippen LogP contribution is 2.30. The molecule has 0 atom stereocenters. The van der Waals surface area contributed by atoms with E-state index in [1.165, 1.54) is 11.3 Å². The van der Waals surface area contributed by atoms with Crippen molar-refractivity contribution < 1.29 is 14.3 Å². The lowest BCUT2D eigenvalue weighted by Crippen LogP contribution is -2.39. The maximum atomic E-state index is 12.2. The zero-order chi connectivity index (χ0) is 19.9. The molecule has 3 N–H and O–H groups in total. The number of rotatable bonds is 9. The number of methoxy groups -OCH3 is 1. The van der Waals surface area contributed by atoms with Gasteiger partial charge in [-0.05, 0) is 13.1 Å². The van der Waals surface area contributed by atoms with Gasteiger partial charge in [0.05, 0.1) is 25.4 Å². The van der Waals surface area contributed by atoms with Crippen LogP contribution in [0.5, 0.6) is 0 Å². The predicted octanol–water partition coefficient (Wildman–Crippen LogP) is 1.92. The number of hydrogen-bond donors (Lipinski definition) is 3. The van der Waals surface area contributed by atoms with Gasteiger partial charge in [0.2, 0.25) is 11.8 Å². The number of nitrogens with one attached hydrogen (secondary N) is 3. The predicted molar refractivity (Wildman–Crippen MR) is 110 cm³/mol. The molecule has 2 heterocycles. The first kappa shape index (κ1) is 20.0. The fraction of sp³-hybridized carbons (Fsp3) is 0.316. The SMILES string of the molecule is COCCNC(=O)CN(C)CC(=O)Nc1nc(-c2c[nH]c3ccccc23)cs1. The molecule has 0 aliphatic carbocycles. The molecule has 8 nitrogen and oxygen atoms in total. The first-order valence-corrected chi connectivity index (χ1v) is 9.71. The molecule has 0 unspecified atom stereocenters. The third-order valence-electron chi connectivity index (χ3n) is 4.07. The number of thiazole rings is 1. The lowest BCUT2D eigenvalue weighted by molar-refractivity contribution is -0.123. The number of aromatic nitrogens is 2. The fourth-order valence-corrected chi connectivity index (χ4v) is 3.52. The largest absolute Gasteiger partial charge is 0.383 e. The molecule has 0 spiro atoms. The van der Waals surface area contributed by atoms with Gasteiger partial charge in [0.25, 0.3) is 0 Å². The average molecular weight is 401 g/mol. The van der Waals surface area contributed by atoms with E-state index in [0.29, 0.717) is 18.3 Å². The van der Waals surface area contributed by atoms with Crippen molar-refractivity contribution in [3.8, 4) is 11.3 Å². The second-order valence-electron chi connectivity index (χ2n) is 6.35. The minimum atomic E-state index is -0.216. The summed E-state index contributed by atoms with van der Waals surface area (Å²) >= 11 is 1.37. The Labute approximate surface area is 166 Å². The Morgan fingerprint density at radius 2 is 2.04 bits per heavy atom. The lowest BCUT2D eigenvalue weighted by Gasteiger charge is -2.15. The quantitative estimate of drug-likeness (QED) is 0.476. The number of benzene rings is 1. The summed E-state index contributed by atoms with van der Waals surface area (Å²) in [5.74, 6) is -0.366. The number of para-hydroxylation sites is 1. The standard InChI is InChI=1S/C19H23N5O3S/c1-24(10-17(25)20-7-8-27-2)11-18(26)23-19-22-16(12-28-19)14-9-21-15-6-4-3-5-13(14)15/h3-6,9,12,21H,7-8,10-11H2,1-2H3,(H,20,25)(H,22,23,26). The molecule has 0 saturated carbocycles. The molecule has 3 rings (SSSR count). The normalized spacial score (nSPS) is 11.1. The van der Waals surface area contributed by atoms with Crippen molar-refractivity contribution in [2.75, 3.05) is 45.7 Å². The second-order valence-corrected chi connectivity index (χ2v) is 7.21. The monoisotopic (exact) mass is 401 g/mol. The van der Waals surface area contributed by atoms with Gasteiger partial charge in [-0.1, -0.05) is 18.2 Å². The molecule has 0 aliphatic rings. The van der Waals surface area contributed by atoms with Gasteiger partial charge in [-0.3, -0.25) is 14.5 Å². The molecule has 0 fully saturated rings. The molecular formula is C19H23N5O3S. The van der Waals surface area contributed by atoms with Crippen LogP contribution in [0, 0.1) is 0 Å². The van der Waals surface area contributed by atoms with E-state index in [4.69, 9.17) is 4.74 Å². The van der Waals surface area contributed by atoms with Crippen LogP contribution >= 0.6 is 11.3 Å². The van der Waals surface area contributed by atoms with E-state index >= 15 is 0 Å². The molecule has 0 saturated heterocycles. The highest BCUT2D eigenvalue weighted by molar-refractivity contribution is 7.14. The number of anilines is 1. The molecule has 3 aromatic rings. The highest BCUT2D eigenvalue weighted by atomic mass is 32.1. The smallest absolute Gasteiger partial charge is 0.240 e. The van der Waals surface area contributed by atoms with Crippen molar-refractivity contribution in [3.63, 3.8) is 0 Å². The zero-order valence-electron chi connectivity index (χ0n) is 15.8. The van der Waals surface area contributed by atoms with E-state index < -0.39 is 0 Å². The first-order chi connectivity index (χ1) is 13.6. The average Bonchev–Trinajstić information content (AvgIpc) is 3.28. The summed E-state index contributed by atoms with van der Waals surface area (Å²) in [6.07, 6.45) is 1.92. The van der Waals surface area contributed by atoms with Crippen molar-refractivity contribution in [2.24, 2.45) is 0 Å². The van der Waals surface area contributed by atoms with Gasteiger partial charge in [-0.25, -0.2) is 4.98 Å². The second kappa shape index (κ2) is 9.45. The number of H-pyrrole nitrogens is 1. The number of aromatic amines is 1. The first-order valence-electron chi connectivity index (χ1n) is 8.83. The van der Waals surface area contributed by atoms with Gasteiger partial charge in [0, 0.05) is 41.7 Å². The fourth-order valence-electron chi connectivity index (χ4n) is 2.79. The van der Waals surface area contributed by atoms with Crippen molar-refractivity contribution in [1.29, 1.82) is 0 Å². The summed E-state index contributed by atoms with van der Waals surface area (Å²) in [6.45, 7) is 1.14. The topological polar surface area (TPSA) is 99.3 Å². The van der Waals surface area contributed by atoms with Crippen LogP contribution in [-0.4, -0.2) is 67.1 Å². The number of carbonyl (C=O) groups excluding carboxylic acids is 2. The zero-order valence-corrected chi connectivity index (χ0v) is 16.6. The summed E-state index contributed by atoms with van der Waals surface area (Å²) in [5.41, 5.74) is 2.85. The molecule has 0 aliphatic heterocycles. The molecule has 0 bridgehead atoms. The lowest BCUT2D eigenvalue weighted by atomic mass is 10.1. The Kier molecular flexibility index (Phi) is 6.75. The summed E-state index contributed by atoms with van der Waals surface area (Å²) < 4.78 is 4.88. The number of amides is 2. The van der Waals surface area contributed by atoms with Gasteiger partial charge in [0.1, 0.15) is 0 Å². The van der Waals surface area contributed by atoms with Gasteiger partial charge in [-0.2, -0.15) is 0 Å². The Hall–Kier alpha value is -2.75. The molecule has 1 aromatic carbocycles. The van der Waals surface area contributed by atoms with Gasteiger partial charge >= 0.3 is 0 Å². The third-order valence-corrected chi connectivity index (χ3v) is 4.83. The molecule has 28 heavy (non-hydrogen) atoms. The molecule has 2 amide bonds. The van der Waals surface area contributed by atoms with Crippen LogP contribution in [0.3, 0.4) is 0 Å². The number of likely N-dealkylation sites (N-methyl/N-ethyl adjacent to an activating group) is 1. The van der Waals surface area contributed by atoms with Crippen LogP contribution in [0.25, 0.3) is 22.2 Å². The summed E-state index contributed by atoms with van der Waals surface area (Å²) in [4.78, 5) is 33.4. The van der Waals surface area contributed by atoms with E-state index in [1.807, 2.05) is 35.8 Å². The van der Waals surface area contributed by atoms with Crippen LogP contribution in [0.15, 0.2) is 35.8 Å². The Bertz CT molecular complexity index is 952. The van der Waals surface area contributed by atoms with Crippen molar-refractivity contribution in [2.45, 2.75) is 0 Å². The van der Waals surface area contributed by atoms with Crippen LogP contribution in [0.4, 0.5) is 5.13 Å². The maximum absolute atomic E-state index is 12.2. The number of hydrogen-bond acceptors (Lipinski definition) is 6. The Balaban J connectivity index is 1.53. The number of carbonyl (C=O) groups is 2. The van der Waals surface area contributed by atoms with Crippen molar-refractivity contribution >= 4 is 39.2 Å². The molecule has 9 heteroatoms. The van der Waals surface area contributed by atoms with E-state index in [-0.39, 0.29) is 24.9 Å². The third kappa shape index (κ3) is 5.16. The van der Waals surface area contributed by atoms with Crippen molar-refractivity contribution in [1.82, 2.24) is 20.2 Å². The molecular weight excluding hydrogens is 378 g/mol. The Morgan fingerprint density at radius 3 is 2.86 bits per heavy atom. The van der Waals surface area contributed by atoms with Crippen molar-refractivity contribution in [3.05, 3.63) is 35.8 Å². The molecule has 0 radical (unpaired) electrons. The van der Waals surface area contributed by atoms with E-state index in [0.717, 1.165) is 22.2 Å². The van der Waals surface area contributed by atoms with E-state index in [2.05, 4.69) is 20.6 Å².